The molecule has 1 aromatic rings. The van der Waals surface area contributed by atoms with E-state index < -0.39 is 11.7 Å². The Bertz CT molecular complexity index is 566. The lowest BCUT2D eigenvalue weighted by molar-refractivity contribution is -0.139. The van der Waals surface area contributed by atoms with Gasteiger partial charge in [-0.2, -0.15) is 13.2 Å². The summed E-state index contributed by atoms with van der Waals surface area (Å²) < 4.78 is 45.3. The Balaban J connectivity index is 1.64. The Morgan fingerprint density at radius 1 is 1.09 bits per heavy atom. The number of benzene rings is 1. The molecule has 0 unspecified atom stereocenters. The second-order valence-electron chi connectivity index (χ2n) is 6.72. The molecule has 1 saturated heterocycles. The lowest BCUT2D eigenvalue weighted by Gasteiger charge is -2.29. The van der Waals surface area contributed by atoms with Gasteiger partial charge in [0.2, 0.25) is 0 Å². The summed E-state index contributed by atoms with van der Waals surface area (Å²) in [7, 11) is 0. The van der Waals surface area contributed by atoms with Crippen molar-refractivity contribution in [3.8, 4) is 0 Å². The summed E-state index contributed by atoms with van der Waals surface area (Å²) in [6.07, 6.45) is 0.726. The van der Waals surface area contributed by atoms with Crippen LogP contribution in [0.25, 0.3) is 0 Å². The predicted molar refractivity (Wildman–Crippen MR) is 76.6 cm³/mol. The maximum absolute atomic E-state index is 13.2. The average Bonchev–Trinajstić information content (AvgIpc) is 3.14. The second kappa shape index (κ2) is 5.24. The molecule has 2 aliphatic heterocycles. The van der Waals surface area contributed by atoms with E-state index in [1.54, 1.807) is 6.07 Å². The third kappa shape index (κ3) is 2.35. The van der Waals surface area contributed by atoms with Crippen molar-refractivity contribution in [2.75, 3.05) is 13.1 Å². The van der Waals surface area contributed by atoms with Crippen molar-refractivity contribution in [2.45, 2.75) is 56.5 Å². The van der Waals surface area contributed by atoms with Gasteiger partial charge in [-0.1, -0.05) is 25.0 Å². The summed E-state index contributed by atoms with van der Waals surface area (Å²) in [4.78, 5) is 2.44. The molecule has 1 saturated carbocycles. The minimum atomic E-state index is -4.30. The van der Waals surface area contributed by atoms with Gasteiger partial charge in [0.1, 0.15) is 0 Å². The molecule has 5 heteroatoms. The molecule has 2 heterocycles. The van der Waals surface area contributed by atoms with E-state index in [1.807, 2.05) is 6.07 Å². The molecule has 0 amide bonds. The van der Waals surface area contributed by atoms with Gasteiger partial charge in [-0.25, -0.2) is 0 Å². The third-order valence-electron chi connectivity index (χ3n) is 5.49. The maximum atomic E-state index is 13.2. The van der Waals surface area contributed by atoms with E-state index in [4.69, 9.17) is 4.74 Å². The highest BCUT2D eigenvalue weighted by atomic mass is 19.4. The molecule has 0 N–H and O–H groups in total. The summed E-state index contributed by atoms with van der Waals surface area (Å²) in [6, 6.07) is 5.18. The van der Waals surface area contributed by atoms with Crippen molar-refractivity contribution in [3.63, 3.8) is 0 Å². The van der Waals surface area contributed by atoms with Crippen molar-refractivity contribution in [1.29, 1.82) is 0 Å². The van der Waals surface area contributed by atoms with E-state index >= 15 is 0 Å². The lowest BCUT2D eigenvalue weighted by Crippen LogP contribution is -2.32. The smallest absolute Gasteiger partial charge is 0.371 e. The fraction of sp³-hybridized carbons (Fsp3) is 0.647. The Hall–Kier alpha value is -1.07. The Kier molecular flexibility index (Phi) is 3.46. The van der Waals surface area contributed by atoms with Crippen LogP contribution in [-0.2, 0) is 17.5 Å². The first-order chi connectivity index (χ1) is 10.5. The van der Waals surface area contributed by atoms with Crippen LogP contribution in [0.5, 0.6) is 0 Å². The first kappa shape index (κ1) is 14.5. The van der Waals surface area contributed by atoms with E-state index in [2.05, 4.69) is 4.90 Å². The summed E-state index contributed by atoms with van der Waals surface area (Å²) in [5.74, 6) is 0.0895. The molecule has 2 atom stereocenters. The largest absolute Gasteiger partial charge is 0.416 e. The van der Waals surface area contributed by atoms with E-state index in [0.717, 1.165) is 18.7 Å². The monoisotopic (exact) mass is 311 g/mol. The highest BCUT2D eigenvalue weighted by Gasteiger charge is 2.44. The standard InChI is InChI=1S/C17H20F3NO/c18-17(19,20)15-7-3-6-12-13-8-21(11-4-1-2-5-11)9-16(13)22-10-14(12)15/h3,6-7,11,13,16H,1-2,4-5,8-10H2/t13-,16-/m0/s1. The number of fused-ring (bicyclic) bond motifs is 3. The van der Waals surface area contributed by atoms with Gasteiger partial charge >= 0.3 is 6.18 Å². The van der Waals surface area contributed by atoms with Crippen LogP contribution in [-0.4, -0.2) is 30.1 Å². The number of alkyl halides is 3. The number of ether oxygens (including phenoxy) is 1. The van der Waals surface area contributed by atoms with E-state index in [1.165, 1.54) is 31.7 Å². The topological polar surface area (TPSA) is 12.5 Å². The SMILES string of the molecule is FC(F)(F)c1cccc2c1CO[C@H]1CN(C3CCCC3)C[C@@H]21. The van der Waals surface area contributed by atoms with Gasteiger partial charge in [-0.3, -0.25) is 4.90 Å². The summed E-state index contributed by atoms with van der Waals surface area (Å²) >= 11 is 0. The number of halogens is 3. The Morgan fingerprint density at radius 2 is 1.86 bits per heavy atom. The molecule has 0 spiro atoms. The fourth-order valence-electron chi connectivity index (χ4n) is 4.41. The first-order valence-electron chi connectivity index (χ1n) is 8.08. The zero-order chi connectivity index (χ0) is 15.3. The van der Waals surface area contributed by atoms with Crippen LogP contribution in [0.4, 0.5) is 13.2 Å². The van der Waals surface area contributed by atoms with E-state index in [0.29, 0.717) is 11.6 Å². The highest BCUT2D eigenvalue weighted by molar-refractivity contribution is 5.41. The van der Waals surface area contributed by atoms with Gasteiger partial charge in [0, 0.05) is 25.0 Å². The Labute approximate surface area is 128 Å². The van der Waals surface area contributed by atoms with Gasteiger partial charge in [0.25, 0.3) is 0 Å². The van der Waals surface area contributed by atoms with Gasteiger partial charge < -0.3 is 4.74 Å². The van der Waals surface area contributed by atoms with E-state index in [9.17, 15) is 13.2 Å². The normalized spacial score (nSPS) is 29.6. The van der Waals surface area contributed by atoms with Crippen LogP contribution in [0, 0.1) is 0 Å². The molecule has 1 aromatic carbocycles. The summed E-state index contributed by atoms with van der Waals surface area (Å²) in [6.45, 7) is 1.79. The Morgan fingerprint density at radius 3 is 2.59 bits per heavy atom. The molecular weight excluding hydrogens is 291 g/mol. The number of hydrogen-bond acceptors (Lipinski definition) is 2. The van der Waals surface area contributed by atoms with Crippen molar-refractivity contribution in [1.82, 2.24) is 4.90 Å². The quantitative estimate of drug-likeness (QED) is 0.779. The molecule has 2 fully saturated rings. The number of hydrogen-bond donors (Lipinski definition) is 0. The molecule has 2 nitrogen and oxygen atoms in total. The summed E-state index contributed by atoms with van der Waals surface area (Å²) in [5, 5.41) is 0. The molecule has 120 valence electrons. The van der Waals surface area contributed by atoms with E-state index in [-0.39, 0.29) is 18.6 Å². The number of rotatable bonds is 1. The van der Waals surface area contributed by atoms with Crippen LogP contribution in [0.3, 0.4) is 0 Å². The van der Waals surface area contributed by atoms with Crippen molar-refractivity contribution < 1.29 is 17.9 Å². The molecule has 0 bridgehead atoms. The summed E-state index contributed by atoms with van der Waals surface area (Å²) in [5.41, 5.74) is 0.680. The van der Waals surface area contributed by atoms with Crippen LogP contribution >= 0.6 is 0 Å². The van der Waals surface area contributed by atoms with Gasteiger partial charge in [0.05, 0.1) is 18.3 Å². The van der Waals surface area contributed by atoms with Gasteiger partial charge in [-0.05, 0) is 30.0 Å². The zero-order valence-electron chi connectivity index (χ0n) is 12.4. The van der Waals surface area contributed by atoms with Gasteiger partial charge in [0.15, 0.2) is 0 Å². The fourth-order valence-corrected chi connectivity index (χ4v) is 4.41. The number of nitrogens with zero attached hydrogens (tertiary/aromatic N) is 1. The van der Waals surface area contributed by atoms with Crippen LogP contribution in [0.15, 0.2) is 18.2 Å². The number of likely N-dealkylation sites (tertiary alicyclic amines) is 1. The molecule has 0 aromatic heterocycles. The molecule has 3 aliphatic rings. The molecule has 4 rings (SSSR count). The van der Waals surface area contributed by atoms with Crippen LogP contribution in [0.2, 0.25) is 0 Å². The predicted octanol–water partition coefficient (Wildman–Crippen LogP) is 3.95. The van der Waals surface area contributed by atoms with Crippen molar-refractivity contribution in [2.24, 2.45) is 0 Å². The maximum Gasteiger partial charge on any atom is 0.416 e. The average molecular weight is 311 g/mol. The molecule has 1 aliphatic carbocycles. The second-order valence-corrected chi connectivity index (χ2v) is 6.72. The van der Waals surface area contributed by atoms with Crippen LogP contribution < -0.4 is 0 Å². The highest BCUT2D eigenvalue weighted by Crippen LogP contribution is 2.43. The van der Waals surface area contributed by atoms with Crippen molar-refractivity contribution in [3.05, 3.63) is 34.9 Å². The minimum absolute atomic E-state index is 0.0524. The van der Waals surface area contributed by atoms with Gasteiger partial charge in [-0.15, -0.1) is 0 Å². The minimum Gasteiger partial charge on any atom is -0.371 e. The molecular formula is C17H20F3NO. The van der Waals surface area contributed by atoms with Crippen molar-refractivity contribution >= 4 is 0 Å². The molecule has 22 heavy (non-hydrogen) atoms. The molecule has 0 radical (unpaired) electrons. The van der Waals surface area contributed by atoms with Crippen LogP contribution in [0.1, 0.15) is 48.3 Å². The third-order valence-corrected chi connectivity index (χ3v) is 5.49. The lowest BCUT2D eigenvalue weighted by atomic mass is 9.87. The zero-order valence-corrected chi connectivity index (χ0v) is 12.4. The first-order valence-corrected chi connectivity index (χ1v) is 8.08.